The Morgan fingerprint density at radius 2 is 2.14 bits per heavy atom. The van der Waals surface area contributed by atoms with Gasteiger partial charge in [-0.2, -0.15) is 9.78 Å². The molecule has 1 saturated carbocycles. The number of hydrogen-bond acceptors (Lipinski definition) is 7. The third-order valence-electron chi connectivity index (χ3n) is 4.46. The Balaban J connectivity index is 1.54. The highest BCUT2D eigenvalue weighted by atomic mass is 35.5. The topological polar surface area (TPSA) is 104 Å². The molecule has 2 N–H and O–H groups in total. The van der Waals surface area contributed by atoms with Crippen molar-refractivity contribution in [2.75, 3.05) is 10.6 Å². The highest BCUT2D eigenvalue weighted by Gasteiger charge is 2.23. The molecule has 3 heterocycles. The number of nitrogens with zero attached hydrogens (tertiary/aromatic N) is 5. The largest absolute Gasteiger partial charge is 0.443 e. The minimum Gasteiger partial charge on any atom is -0.443 e. The number of fused-ring (bicyclic) bond motifs is 1. The molecule has 1 aromatic carbocycles. The fourth-order valence-electron chi connectivity index (χ4n) is 2.95. The average molecular weight is 392 g/mol. The molecule has 0 unspecified atom stereocenters. The number of halogens is 1. The normalized spacial score (nSPS) is 13.4. The maximum Gasteiger partial charge on any atom is 0.181 e. The van der Waals surface area contributed by atoms with Gasteiger partial charge in [0.05, 0.1) is 23.1 Å². The Morgan fingerprint density at radius 1 is 1.25 bits per heavy atom. The second-order valence-corrected chi connectivity index (χ2v) is 6.95. The van der Waals surface area contributed by atoms with E-state index in [1.807, 2.05) is 18.2 Å². The monoisotopic (exact) mass is 391 g/mol. The summed E-state index contributed by atoms with van der Waals surface area (Å²) in [6, 6.07) is 9.94. The van der Waals surface area contributed by atoms with Crippen LogP contribution in [0.2, 0.25) is 5.02 Å². The summed E-state index contributed by atoms with van der Waals surface area (Å²) >= 11 is 6.29. The fourth-order valence-corrected chi connectivity index (χ4v) is 3.16. The zero-order valence-electron chi connectivity index (χ0n) is 14.6. The van der Waals surface area contributed by atoms with Crippen molar-refractivity contribution >= 4 is 34.4 Å². The molecule has 0 saturated heterocycles. The predicted molar refractivity (Wildman–Crippen MR) is 105 cm³/mol. The van der Waals surface area contributed by atoms with Gasteiger partial charge in [0, 0.05) is 23.4 Å². The number of benzene rings is 1. The van der Waals surface area contributed by atoms with Crippen LogP contribution in [0.4, 0.5) is 17.2 Å². The third-order valence-corrected chi connectivity index (χ3v) is 4.79. The molecule has 0 spiro atoms. The molecule has 4 aromatic rings. The van der Waals surface area contributed by atoms with Gasteiger partial charge in [0.15, 0.2) is 29.3 Å². The van der Waals surface area contributed by atoms with Crippen molar-refractivity contribution < 1.29 is 4.42 Å². The Labute approximate surface area is 164 Å². The van der Waals surface area contributed by atoms with Gasteiger partial charge >= 0.3 is 0 Å². The van der Waals surface area contributed by atoms with Crippen LogP contribution in [0.5, 0.6) is 0 Å². The molecule has 28 heavy (non-hydrogen) atoms. The molecule has 1 fully saturated rings. The molecule has 5 rings (SSSR count). The first-order valence-electron chi connectivity index (χ1n) is 8.72. The second kappa shape index (κ2) is 6.55. The minimum atomic E-state index is 0.371. The average Bonchev–Trinajstić information content (AvgIpc) is 3.18. The first kappa shape index (κ1) is 16.6. The molecule has 3 aromatic heterocycles. The summed E-state index contributed by atoms with van der Waals surface area (Å²) in [6.07, 6.45) is 6.74. The molecule has 138 valence electrons. The van der Waals surface area contributed by atoms with Crippen molar-refractivity contribution in [2.45, 2.75) is 18.9 Å². The predicted octanol–water partition coefficient (Wildman–Crippen LogP) is 4.23. The second-order valence-electron chi connectivity index (χ2n) is 6.54. The summed E-state index contributed by atoms with van der Waals surface area (Å²) < 4.78 is 6.90. The van der Waals surface area contributed by atoms with E-state index in [9.17, 15) is 5.26 Å². The highest BCUT2D eigenvalue weighted by Crippen LogP contribution is 2.33. The number of anilines is 3. The van der Waals surface area contributed by atoms with Crippen LogP contribution in [0.1, 0.15) is 18.5 Å². The molecular weight excluding hydrogens is 378 g/mol. The molecule has 0 atom stereocenters. The standard InChI is InChI=1S/C19H14ClN7O/c20-15-4-3-12(5-14(15)17-9-22-10-28-17)25-18-6-16(24-11-1-2-11)19-23-8-13(7-21)27(19)26-18/h3-6,8-11,24H,1-2H2,(H,25,26). The van der Waals surface area contributed by atoms with Crippen LogP contribution in [-0.4, -0.2) is 25.6 Å². The number of imidazole rings is 1. The molecule has 8 nitrogen and oxygen atoms in total. The molecule has 1 aliphatic carbocycles. The van der Waals surface area contributed by atoms with Gasteiger partial charge in [0.1, 0.15) is 6.07 Å². The van der Waals surface area contributed by atoms with Crippen molar-refractivity contribution in [2.24, 2.45) is 0 Å². The first-order chi connectivity index (χ1) is 13.7. The molecule has 9 heteroatoms. The van der Waals surface area contributed by atoms with E-state index in [1.54, 1.807) is 16.8 Å². The van der Waals surface area contributed by atoms with Gasteiger partial charge in [-0.05, 0) is 31.0 Å². The molecule has 0 radical (unpaired) electrons. The molecule has 1 aliphatic rings. The van der Waals surface area contributed by atoms with Crippen LogP contribution in [0.25, 0.3) is 17.0 Å². The van der Waals surface area contributed by atoms with Crippen molar-refractivity contribution in [1.29, 1.82) is 5.26 Å². The van der Waals surface area contributed by atoms with Crippen LogP contribution >= 0.6 is 11.6 Å². The lowest BCUT2D eigenvalue weighted by molar-refractivity contribution is 0.572. The van der Waals surface area contributed by atoms with E-state index in [0.29, 0.717) is 34.0 Å². The third kappa shape index (κ3) is 3.02. The van der Waals surface area contributed by atoms with Crippen LogP contribution < -0.4 is 10.6 Å². The maximum absolute atomic E-state index is 9.34. The number of aromatic nitrogens is 4. The van der Waals surface area contributed by atoms with Crippen molar-refractivity contribution in [3.05, 3.63) is 53.8 Å². The van der Waals surface area contributed by atoms with Crippen LogP contribution in [0.3, 0.4) is 0 Å². The van der Waals surface area contributed by atoms with Gasteiger partial charge in [0.2, 0.25) is 0 Å². The molecule has 0 aliphatic heterocycles. The SMILES string of the molecule is N#Cc1cnc2c(NC3CC3)cc(Nc3ccc(Cl)c(-c4cnco4)c3)nn12. The Hall–Kier alpha value is -3.57. The molecule has 0 amide bonds. The number of nitrogens with one attached hydrogen (secondary N) is 2. The summed E-state index contributed by atoms with van der Waals surface area (Å²) in [6.45, 7) is 0. The van der Waals surface area contributed by atoms with Crippen molar-refractivity contribution in [3.8, 4) is 17.4 Å². The lowest BCUT2D eigenvalue weighted by atomic mass is 10.1. The number of hydrogen-bond donors (Lipinski definition) is 2. The zero-order chi connectivity index (χ0) is 19.1. The lowest BCUT2D eigenvalue weighted by Gasteiger charge is -2.12. The molecule has 0 bridgehead atoms. The summed E-state index contributed by atoms with van der Waals surface area (Å²) in [5, 5.41) is 21.1. The lowest BCUT2D eigenvalue weighted by Crippen LogP contribution is -2.07. The summed E-state index contributed by atoms with van der Waals surface area (Å²) in [4.78, 5) is 8.27. The Bertz CT molecular complexity index is 1210. The number of rotatable bonds is 5. The van der Waals surface area contributed by atoms with E-state index in [4.69, 9.17) is 16.0 Å². The number of nitriles is 1. The minimum absolute atomic E-state index is 0.371. The number of oxazole rings is 1. The quantitative estimate of drug-likeness (QED) is 0.524. The summed E-state index contributed by atoms with van der Waals surface area (Å²) in [5.74, 6) is 1.16. The smallest absolute Gasteiger partial charge is 0.181 e. The van der Waals surface area contributed by atoms with Crippen LogP contribution in [-0.2, 0) is 0 Å². The Kier molecular flexibility index (Phi) is 3.88. The summed E-state index contributed by atoms with van der Waals surface area (Å²) in [7, 11) is 0. The van der Waals surface area contributed by atoms with Crippen LogP contribution in [0.15, 0.2) is 47.5 Å². The van der Waals surface area contributed by atoms with Gasteiger partial charge in [-0.1, -0.05) is 11.6 Å². The fraction of sp³-hybridized carbons (Fsp3) is 0.158. The van der Waals surface area contributed by atoms with E-state index >= 15 is 0 Å². The summed E-state index contributed by atoms with van der Waals surface area (Å²) in [5.41, 5.74) is 3.34. The van der Waals surface area contributed by atoms with E-state index in [2.05, 4.69) is 31.8 Å². The van der Waals surface area contributed by atoms with Gasteiger partial charge in [-0.3, -0.25) is 0 Å². The van der Waals surface area contributed by atoms with Gasteiger partial charge in [-0.15, -0.1) is 5.10 Å². The van der Waals surface area contributed by atoms with Crippen molar-refractivity contribution in [3.63, 3.8) is 0 Å². The van der Waals surface area contributed by atoms with Crippen molar-refractivity contribution in [1.82, 2.24) is 19.6 Å². The first-order valence-corrected chi connectivity index (χ1v) is 9.10. The zero-order valence-corrected chi connectivity index (χ0v) is 15.3. The van der Waals surface area contributed by atoms with E-state index in [0.717, 1.165) is 29.8 Å². The van der Waals surface area contributed by atoms with E-state index < -0.39 is 0 Å². The van der Waals surface area contributed by atoms with E-state index in [-0.39, 0.29) is 0 Å². The van der Waals surface area contributed by atoms with E-state index in [1.165, 1.54) is 12.6 Å². The van der Waals surface area contributed by atoms with Crippen LogP contribution in [0, 0.1) is 11.3 Å². The van der Waals surface area contributed by atoms with Gasteiger partial charge in [0.25, 0.3) is 0 Å². The molecular formula is C19H14ClN7O. The van der Waals surface area contributed by atoms with Gasteiger partial charge < -0.3 is 15.1 Å². The maximum atomic E-state index is 9.34. The Morgan fingerprint density at radius 3 is 2.89 bits per heavy atom. The highest BCUT2D eigenvalue weighted by molar-refractivity contribution is 6.33. The van der Waals surface area contributed by atoms with Gasteiger partial charge in [-0.25, -0.2) is 9.97 Å².